The summed E-state index contributed by atoms with van der Waals surface area (Å²) in [4.78, 5) is 4.25. The van der Waals surface area contributed by atoms with Crippen LogP contribution < -0.4 is 5.32 Å². The predicted molar refractivity (Wildman–Crippen MR) is 67.5 cm³/mol. The Kier molecular flexibility index (Phi) is 3.54. The van der Waals surface area contributed by atoms with Crippen LogP contribution >= 0.6 is 0 Å². The van der Waals surface area contributed by atoms with E-state index in [4.69, 9.17) is 0 Å². The first-order valence-corrected chi connectivity index (χ1v) is 5.56. The van der Waals surface area contributed by atoms with E-state index >= 15 is 0 Å². The highest BCUT2D eigenvalue weighted by atomic mass is 15.0. The van der Waals surface area contributed by atoms with E-state index in [9.17, 15) is 0 Å². The smallest absolute Gasteiger partial charge is 0.126 e. The molecule has 0 aliphatic rings. The minimum Gasteiger partial charge on any atom is -0.367 e. The Morgan fingerprint density at radius 2 is 1.81 bits per heavy atom. The average Bonchev–Trinajstić information content (AvgIpc) is 2.31. The minimum atomic E-state index is 0.386. The van der Waals surface area contributed by atoms with Gasteiger partial charge in [0.25, 0.3) is 0 Å². The van der Waals surface area contributed by atoms with E-state index in [1.54, 1.807) is 6.20 Å². The van der Waals surface area contributed by atoms with E-state index in [2.05, 4.69) is 41.5 Å². The molecule has 2 rings (SSSR count). The number of anilines is 1. The molecular weight excluding hydrogens is 196 g/mol. The van der Waals surface area contributed by atoms with Crippen LogP contribution in [-0.2, 0) is 6.42 Å². The molecule has 0 unspecified atom stereocenters. The lowest BCUT2D eigenvalue weighted by molar-refractivity contribution is 0.785. The Hall–Kier alpha value is -1.83. The molecule has 1 aromatic heterocycles. The van der Waals surface area contributed by atoms with Crippen molar-refractivity contribution < 1.29 is 0 Å². The SMILES string of the molecule is C[C@@H](Cc1ccccc1)Nc1ccccn1. The van der Waals surface area contributed by atoms with Gasteiger partial charge in [-0.05, 0) is 31.0 Å². The van der Waals surface area contributed by atoms with Gasteiger partial charge in [0.2, 0.25) is 0 Å². The quantitative estimate of drug-likeness (QED) is 0.842. The number of nitrogens with zero attached hydrogens (tertiary/aromatic N) is 1. The first-order chi connectivity index (χ1) is 7.84. The Balaban J connectivity index is 1.92. The molecular formula is C14H16N2. The van der Waals surface area contributed by atoms with Crippen LogP contribution in [0.3, 0.4) is 0 Å². The number of rotatable bonds is 4. The predicted octanol–water partition coefficient (Wildman–Crippen LogP) is 3.12. The Morgan fingerprint density at radius 1 is 1.06 bits per heavy atom. The fourth-order valence-electron chi connectivity index (χ4n) is 1.72. The summed E-state index contributed by atoms with van der Waals surface area (Å²) in [5.41, 5.74) is 1.35. The number of pyridine rings is 1. The van der Waals surface area contributed by atoms with E-state index in [1.807, 2.05) is 24.3 Å². The molecule has 0 amide bonds. The van der Waals surface area contributed by atoms with Crippen LogP contribution in [-0.4, -0.2) is 11.0 Å². The van der Waals surface area contributed by atoms with Gasteiger partial charge in [0.15, 0.2) is 0 Å². The molecule has 0 saturated heterocycles. The largest absolute Gasteiger partial charge is 0.367 e. The molecule has 2 aromatic rings. The molecule has 0 fully saturated rings. The van der Waals surface area contributed by atoms with Gasteiger partial charge in [0.05, 0.1) is 0 Å². The molecule has 2 nitrogen and oxygen atoms in total. The van der Waals surface area contributed by atoms with Gasteiger partial charge in [-0.1, -0.05) is 36.4 Å². The third kappa shape index (κ3) is 3.09. The van der Waals surface area contributed by atoms with Crippen LogP contribution in [0.5, 0.6) is 0 Å². The molecule has 82 valence electrons. The third-order valence-corrected chi connectivity index (χ3v) is 2.44. The molecule has 0 saturated carbocycles. The maximum absolute atomic E-state index is 4.25. The first kappa shape index (κ1) is 10.7. The van der Waals surface area contributed by atoms with Gasteiger partial charge in [-0.2, -0.15) is 0 Å². The molecule has 1 atom stereocenters. The van der Waals surface area contributed by atoms with E-state index in [-0.39, 0.29) is 0 Å². The summed E-state index contributed by atoms with van der Waals surface area (Å²) in [6, 6.07) is 16.8. The van der Waals surface area contributed by atoms with Crippen LogP contribution in [0, 0.1) is 0 Å². The van der Waals surface area contributed by atoms with Crippen LogP contribution in [0.4, 0.5) is 5.82 Å². The molecule has 1 N–H and O–H groups in total. The topological polar surface area (TPSA) is 24.9 Å². The molecule has 0 spiro atoms. The monoisotopic (exact) mass is 212 g/mol. The maximum Gasteiger partial charge on any atom is 0.126 e. The number of aromatic nitrogens is 1. The van der Waals surface area contributed by atoms with E-state index in [0.717, 1.165) is 12.2 Å². The average molecular weight is 212 g/mol. The van der Waals surface area contributed by atoms with Gasteiger partial charge in [0.1, 0.15) is 5.82 Å². The molecule has 1 heterocycles. The highest BCUT2D eigenvalue weighted by Gasteiger charge is 2.03. The zero-order chi connectivity index (χ0) is 11.2. The van der Waals surface area contributed by atoms with Gasteiger partial charge in [0, 0.05) is 12.2 Å². The van der Waals surface area contributed by atoms with E-state index < -0.39 is 0 Å². The number of hydrogen-bond acceptors (Lipinski definition) is 2. The second kappa shape index (κ2) is 5.31. The van der Waals surface area contributed by atoms with Crippen molar-refractivity contribution in [2.75, 3.05) is 5.32 Å². The molecule has 0 aliphatic carbocycles. The highest BCUT2D eigenvalue weighted by Crippen LogP contribution is 2.07. The maximum atomic E-state index is 4.25. The van der Waals surface area contributed by atoms with Crippen LogP contribution in [0.15, 0.2) is 54.7 Å². The third-order valence-electron chi connectivity index (χ3n) is 2.44. The van der Waals surface area contributed by atoms with E-state index in [0.29, 0.717) is 6.04 Å². The van der Waals surface area contributed by atoms with E-state index in [1.165, 1.54) is 5.56 Å². The second-order valence-electron chi connectivity index (χ2n) is 3.95. The lowest BCUT2D eigenvalue weighted by Crippen LogP contribution is -2.18. The van der Waals surface area contributed by atoms with Crippen LogP contribution in [0.25, 0.3) is 0 Å². The first-order valence-electron chi connectivity index (χ1n) is 5.56. The minimum absolute atomic E-state index is 0.386. The van der Waals surface area contributed by atoms with Crippen molar-refractivity contribution >= 4 is 5.82 Å². The van der Waals surface area contributed by atoms with Crippen molar-refractivity contribution in [3.8, 4) is 0 Å². The summed E-state index contributed by atoms with van der Waals surface area (Å²) in [7, 11) is 0. The van der Waals surface area contributed by atoms with Crippen molar-refractivity contribution in [2.45, 2.75) is 19.4 Å². The fraction of sp³-hybridized carbons (Fsp3) is 0.214. The summed E-state index contributed by atoms with van der Waals surface area (Å²) in [6.07, 6.45) is 2.81. The standard InChI is InChI=1S/C14H16N2/c1-12(11-13-7-3-2-4-8-13)16-14-9-5-6-10-15-14/h2-10,12H,11H2,1H3,(H,15,16)/t12-/m0/s1. The molecule has 1 aromatic carbocycles. The zero-order valence-electron chi connectivity index (χ0n) is 9.43. The summed E-state index contributed by atoms with van der Waals surface area (Å²) >= 11 is 0. The number of benzene rings is 1. The zero-order valence-corrected chi connectivity index (χ0v) is 9.43. The van der Waals surface area contributed by atoms with Gasteiger partial charge >= 0.3 is 0 Å². The fourth-order valence-corrected chi connectivity index (χ4v) is 1.72. The van der Waals surface area contributed by atoms with Crippen molar-refractivity contribution in [1.82, 2.24) is 4.98 Å². The highest BCUT2D eigenvalue weighted by molar-refractivity contribution is 5.34. The second-order valence-corrected chi connectivity index (χ2v) is 3.95. The summed E-state index contributed by atoms with van der Waals surface area (Å²) in [6.45, 7) is 2.17. The summed E-state index contributed by atoms with van der Waals surface area (Å²) in [5.74, 6) is 0.936. The van der Waals surface area contributed by atoms with Crippen molar-refractivity contribution in [3.63, 3.8) is 0 Å². The Morgan fingerprint density at radius 3 is 2.50 bits per heavy atom. The lowest BCUT2D eigenvalue weighted by atomic mass is 10.1. The molecule has 0 radical (unpaired) electrons. The summed E-state index contributed by atoms with van der Waals surface area (Å²) < 4.78 is 0. The normalized spacial score (nSPS) is 12.1. The molecule has 2 heteroatoms. The number of nitrogens with one attached hydrogen (secondary N) is 1. The van der Waals surface area contributed by atoms with Gasteiger partial charge < -0.3 is 5.32 Å². The summed E-state index contributed by atoms with van der Waals surface area (Å²) in [5, 5.41) is 3.38. The molecule has 0 aliphatic heterocycles. The van der Waals surface area contributed by atoms with Gasteiger partial charge in [-0.15, -0.1) is 0 Å². The van der Waals surface area contributed by atoms with Crippen molar-refractivity contribution in [3.05, 3.63) is 60.3 Å². The number of hydrogen-bond donors (Lipinski definition) is 1. The van der Waals surface area contributed by atoms with Crippen molar-refractivity contribution in [2.24, 2.45) is 0 Å². The Labute approximate surface area is 96.4 Å². The Bertz CT molecular complexity index is 370. The van der Waals surface area contributed by atoms with Crippen LogP contribution in [0.1, 0.15) is 12.5 Å². The van der Waals surface area contributed by atoms with Gasteiger partial charge in [-0.3, -0.25) is 0 Å². The molecule has 0 bridgehead atoms. The molecule has 16 heavy (non-hydrogen) atoms. The van der Waals surface area contributed by atoms with Gasteiger partial charge in [-0.25, -0.2) is 4.98 Å². The lowest BCUT2D eigenvalue weighted by Gasteiger charge is -2.14. The van der Waals surface area contributed by atoms with Crippen molar-refractivity contribution in [1.29, 1.82) is 0 Å². The van der Waals surface area contributed by atoms with Crippen LogP contribution in [0.2, 0.25) is 0 Å².